The van der Waals surface area contributed by atoms with Crippen molar-refractivity contribution >= 4 is 0 Å². The van der Waals surface area contributed by atoms with Gasteiger partial charge in [0.05, 0.1) is 0 Å². The van der Waals surface area contributed by atoms with Gasteiger partial charge >= 0.3 is 0 Å². The number of ether oxygens (including phenoxy) is 1. The Hall–Kier alpha value is -0.0800. The summed E-state index contributed by atoms with van der Waals surface area (Å²) >= 11 is 0. The van der Waals surface area contributed by atoms with Crippen molar-refractivity contribution in [3.05, 3.63) is 0 Å². The number of hydrogen-bond donors (Lipinski definition) is 1. The van der Waals surface area contributed by atoms with E-state index in [0.29, 0.717) is 0 Å². The van der Waals surface area contributed by atoms with Gasteiger partial charge in [-0.2, -0.15) is 0 Å². The summed E-state index contributed by atoms with van der Waals surface area (Å²) in [6, 6.07) is 0.737. The topological polar surface area (TPSA) is 21.3 Å². The Morgan fingerprint density at radius 1 is 1.06 bits per heavy atom. The van der Waals surface area contributed by atoms with E-state index in [1.54, 1.807) is 0 Å². The lowest BCUT2D eigenvalue weighted by Gasteiger charge is -2.31. The van der Waals surface area contributed by atoms with Crippen LogP contribution >= 0.6 is 0 Å². The molecule has 100 valence electrons. The lowest BCUT2D eigenvalue weighted by Crippen LogP contribution is -2.37. The Morgan fingerprint density at radius 2 is 1.76 bits per heavy atom. The first-order valence-electron chi connectivity index (χ1n) is 7.65. The van der Waals surface area contributed by atoms with Gasteiger partial charge in [-0.15, -0.1) is 0 Å². The van der Waals surface area contributed by atoms with E-state index in [1.165, 1.54) is 57.8 Å². The van der Waals surface area contributed by atoms with Crippen molar-refractivity contribution in [2.24, 2.45) is 11.8 Å². The van der Waals surface area contributed by atoms with E-state index < -0.39 is 0 Å². The van der Waals surface area contributed by atoms with Crippen LogP contribution in [0.25, 0.3) is 0 Å². The molecule has 0 amide bonds. The van der Waals surface area contributed by atoms with Crippen LogP contribution in [-0.2, 0) is 4.74 Å². The molecule has 1 atom stereocenters. The number of hydrogen-bond acceptors (Lipinski definition) is 2. The first kappa shape index (κ1) is 13.4. The summed E-state index contributed by atoms with van der Waals surface area (Å²) in [6.07, 6.45) is 12.8. The highest BCUT2D eigenvalue weighted by Gasteiger charge is 2.24. The van der Waals surface area contributed by atoms with Crippen LogP contribution in [-0.4, -0.2) is 26.3 Å². The highest BCUT2D eigenvalue weighted by Crippen LogP contribution is 2.30. The average molecular weight is 239 g/mol. The van der Waals surface area contributed by atoms with Gasteiger partial charge in [0.1, 0.15) is 0 Å². The summed E-state index contributed by atoms with van der Waals surface area (Å²) in [7, 11) is 2.14. The molecule has 0 aromatic rings. The van der Waals surface area contributed by atoms with Gasteiger partial charge in [-0.25, -0.2) is 0 Å². The van der Waals surface area contributed by atoms with Crippen LogP contribution in [0.3, 0.4) is 0 Å². The Bertz CT molecular complexity index is 195. The minimum atomic E-state index is 0.737. The summed E-state index contributed by atoms with van der Waals surface area (Å²) in [5, 5.41) is 3.56. The third-order valence-electron chi connectivity index (χ3n) is 4.82. The fourth-order valence-electron chi connectivity index (χ4n) is 3.63. The molecule has 1 heterocycles. The van der Waals surface area contributed by atoms with Crippen molar-refractivity contribution in [1.29, 1.82) is 0 Å². The Labute approximate surface area is 107 Å². The molecule has 2 aliphatic rings. The maximum Gasteiger partial charge on any atom is 0.0469 e. The summed E-state index contributed by atoms with van der Waals surface area (Å²) in [6.45, 7) is 1.96. The molecule has 0 bridgehead atoms. The second-order valence-electron chi connectivity index (χ2n) is 5.93. The van der Waals surface area contributed by atoms with Crippen molar-refractivity contribution in [2.45, 2.75) is 63.8 Å². The van der Waals surface area contributed by atoms with Gasteiger partial charge in [0, 0.05) is 19.3 Å². The van der Waals surface area contributed by atoms with Crippen LogP contribution in [0.1, 0.15) is 57.8 Å². The van der Waals surface area contributed by atoms with E-state index in [-0.39, 0.29) is 0 Å². The molecule has 1 unspecified atom stereocenters. The van der Waals surface area contributed by atoms with Crippen LogP contribution in [0.4, 0.5) is 0 Å². The lowest BCUT2D eigenvalue weighted by atomic mass is 9.82. The van der Waals surface area contributed by atoms with E-state index in [2.05, 4.69) is 12.4 Å². The average Bonchev–Trinajstić information content (AvgIpc) is 2.42. The van der Waals surface area contributed by atoms with Gasteiger partial charge in [-0.05, 0) is 44.6 Å². The third-order valence-corrected chi connectivity index (χ3v) is 4.82. The summed E-state index contributed by atoms with van der Waals surface area (Å²) < 4.78 is 5.46. The SMILES string of the molecule is CNC(CCC1CCCCC1)C1CCOCC1. The molecular formula is C15H29NO. The molecule has 1 aliphatic carbocycles. The molecule has 1 saturated heterocycles. The van der Waals surface area contributed by atoms with Crippen LogP contribution in [0, 0.1) is 11.8 Å². The minimum Gasteiger partial charge on any atom is -0.381 e. The van der Waals surface area contributed by atoms with Crippen molar-refractivity contribution in [3.8, 4) is 0 Å². The van der Waals surface area contributed by atoms with E-state index in [1.807, 2.05) is 0 Å². The van der Waals surface area contributed by atoms with Crippen LogP contribution in [0.5, 0.6) is 0 Å². The lowest BCUT2D eigenvalue weighted by molar-refractivity contribution is 0.0525. The molecule has 17 heavy (non-hydrogen) atoms. The maximum atomic E-state index is 5.46. The summed E-state index contributed by atoms with van der Waals surface area (Å²) in [5.74, 6) is 1.89. The minimum absolute atomic E-state index is 0.737. The zero-order valence-corrected chi connectivity index (χ0v) is 11.4. The molecule has 0 spiro atoms. The van der Waals surface area contributed by atoms with Gasteiger partial charge in [0.15, 0.2) is 0 Å². The van der Waals surface area contributed by atoms with Gasteiger partial charge in [0.25, 0.3) is 0 Å². The Balaban J connectivity index is 1.70. The molecule has 0 aromatic carbocycles. The highest BCUT2D eigenvalue weighted by molar-refractivity contribution is 4.79. The molecular weight excluding hydrogens is 210 g/mol. The summed E-state index contributed by atoms with van der Waals surface area (Å²) in [4.78, 5) is 0. The molecule has 0 radical (unpaired) electrons. The quantitative estimate of drug-likeness (QED) is 0.794. The van der Waals surface area contributed by atoms with Gasteiger partial charge in [-0.3, -0.25) is 0 Å². The van der Waals surface area contributed by atoms with Crippen molar-refractivity contribution in [3.63, 3.8) is 0 Å². The molecule has 0 aromatic heterocycles. The van der Waals surface area contributed by atoms with E-state index >= 15 is 0 Å². The van der Waals surface area contributed by atoms with Crippen LogP contribution in [0.15, 0.2) is 0 Å². The Kier molecular flexibility index (Phi) is 5.79. The smallest absolute Gasteiger partial charge is 0.0469 e. The molecule has 1 N–H and O–H groups in total. The van der Waals surface area contributed by atoms with E-state index in [9.17, 15) is 0 Å². The second-order valence-corrected chi connectivity index (χ2v) is 5.93. The first-order valence-corrected chi connectivity index (χ1v) is 7.65. The van der Waals surface area contributed by atoms with E-state index in [0.717, 1.165) is 31.1 Å². The number of nitrogens with one attached hydrogen (secondary N) is 1. The van der Waals surface area contributed by atoms with E-state index in [4.69, 9.17) is 4.74 Å². The zero-order chi connectivity index (χ0) is 11.9. The van der Waals surface area contributed by atoms with Gasteiger partial charge < -0.3 is 10.1 Å². The number of rotatable bonds is 5. The van der Waals surface area contributed by atoms with Crippen molar-refractivity contribution in [2.75, 3.05) is 20.3 Å². The second kappa shape index (κ2) is 7.38. The fourth-order valence-corrected chi connectivity index (χ4v) is 3.63. The monoisotopic (exact) mass is 239 g/mol. The maximum absolute atomic E-state index is 5.46. The van der Waals surface area contributed by atoms with Crippen molar-refractivity contribution in [1.82, 2.24) is 5.32 Å². The Morgan fingerprint density at radius 3 is 2.41 bits per heavy atom. The first-order chi connectivity index (χ1) is 8.40. The predicted molar refractivity (Wildman–Crippen MR) is 72.2 cm³/mol. The molecule has 2 rings (SSSR count). The highest BCUT2D eigenvalue weighted by atomic mass is 16.5. The molecule has 2 fully saturated rings. The normalized spacial score (nSPS) is 25.9. The van der Waals surface area contributed by atoms with Gasteiger partial charge in [0.2, 0.25) is 0 Å². The van der Waals surface area contributed by atoms with Crippen LogP contribution < -0.4 is 5.32 Å². The molecule has 1 saturated carbocycles. The fraction of sp³-hybridized carbons (Fsp3) is 1.00. The van der Waals surface area contributed by atoms with Gasteiger partial charge in [-0.1, -0.05) is 32.1 Å². The molecule has 2 heteroatoms. The van der Waals surface area contributed by atoms with Crippen LogP contribution in [0.2, 0.25) is 0 Å². The third kappa shape index (κ3) is 4.26. The summed E-state index contributed by atoms with van der Waals surface area (Å²) in [5.41, 5.74) is 0. The largest absolute Gasteiger partial charge is 0.381 e. The zero-order valence-electron chi connectivity index (χ0n) is 11.4. The predicted octanol–water partition coefficient (Wildman–Crippen LogP) is 3.36. The standard InChI is InChI=1S/C15H29NO/c1-16-15(14-9-11-17-12-10-14)8-7-13-5-3-2-4-6-13/h13-16H,2-12H2,1H3. The van der Waals surface area contributed by atoms with Crippen molar-refractivity contribution < 1.29 is 4.74 Å². The molecule has 2 nitrogen and oxygen atoms in total. The molecule has 1 aliphatic heterocycles.